The van der Waals surface area contributed by atoms with Crippen LogP contribution >= 0.6 is 11.8 Å². The Morgan fingerprint density at radius 3 is 2.78 bits per heavy atom. The second-order valence-electron chi connectivity index (χ2n) is 4.13. The minimum Gasteiger partial charge on any atom is -0.277 e. The number of aryl methyl sites for hydroxylation is 1. The first-order valence-electron chi connectivity index (χ1n) is 5.82. The van der Waals surface area contributed by atoms with Gasteiger partial charge in [0, 0.05) is 11.9 Å². The summed E-state index contributed by atoms with van der Waals surface area (Å²) in [6.07, 6.45) is 2.00. The summed E-state index contributed by atoms with van der Waals surface area (Å²) >= 11 is 1.71. The Kier molecular flexibility index (Phi) is 3.02. The highest BCUT2D eigenvalue weighted by molar-refractivity contribution is 7.98. The van der Waals surface area contributed by atoms with E-state index in [-0.39, 0.29) is 0 Å². The van der Waals surface area contributed by atoms with E-state index in [4.69, 9.17) is 0 Å². The molecule has 0 aliphatic rings. The van der Waals surface area contributed by atoms with Crippen molar-refractivity contribution in [2.24, 2.45) is 0 Å². The van der Waals surface area contributed by atoms with Gasteiger partial charge < -0.3 is 0 Å². The van der Waals surface area contributed by atoms with E-state index < -0.39 is 0 Å². The predicted octanol–water partition coefficient (Wildman–Crippen LogP) is 3.33. The maximum atomic E-state index is 4.22. The van der Waals surface area contributed by atoms with Crippen LogP contribution in [0.25, 0.3) is 5.65 Å². The number of thioether (sulfide) groups is 1. The van der Waals surface area contributed by atoms with Crippen molar-refractivity contribution in [1.29, 1.82) is 0 Å². The van der Waals surface area contributed by atoms with E-state index in [2.05, 4.69) is 41.4 Å². The van der Waals surface area contributed by atoms with Crippen LogP contribution in [0.5, 0.6) is 0 Å². The molecule has 0 saturated carbocycles. The van der Waals surface area contributed by atoms with Crippen molar-refractivity contribution in [3.05, 3.63) is 59.8 Å². The first-order chi connectivity index (χ1) is 8.84. The van der Waals surface area contributed by atoms with Crippen LogP contribution in [0.1, 0.15) is 11.1 Å². The number of nitrogens with zero attached hydrogens (tertiary/aromatic N) is 3. The van der Waals surface area contributed by atoms with E-state index in [0.717, 1.165) is 16.6 Å². The van der Waals surface area contributed by atoms with Gasteiger partial charge in [-0.2, -0.15) is 0 Å². The second-order valence-corrected chi connectivity index (χ2v) is 5.07. The summed E-state index contributed by atoms with van der Waals surface area (Å²) in [6, 6.07) is 14.4. The van der Waals surface area contributed by atoms with Gasteiger partial charge in [-0.1, -0.05) is 42.1 Å². The van der Waals surface area contributed by atoms with E-state index >= 15 is 0 Å². The Morgan fingerprint density at radius 2 is 1.89 bits per heavy atom. The molecule has 18 heavy (non-hydrogen) atoms. The molecule has 0 saturated heterocycles. The maximum absolute atomic E-state index is 4.22. The van der Waals surface area contributed by atoms with Gasteiger partial charge in [-0.05, 0) is 30.2 Å². The van der Waals surface area contributed by atoms with E-state index in [1.165, 1.54) is 11.1 Å². The van der Waals surface area contributed by atoms with Gasteiger partial charge in [0.2, 0.25) is 0 Å². The maximum Gasteiger partial charge on any atom is 0.195 e. The zero-order chi connectivity index (χ0) is 12.4. The molecule has 2 heterocycles. The van der Waals surface area contributed by atoms with Crippen LogP contribution in [-0.2, 0) is 5.75 Å². The van der Waals surface area contributed by atoms with Crippen LogP contribution in [0.2, 0.25) is 0 Å². The monoisotopic (exact) mass is 255 g/mol. The zero-order valence-corrected chi connectivity index (χ0v) is 10.9. The number of hydrogen-bond acceptors (Lipinski definition) is 3. The van der Waals surface area contributed by atoms with Crippen molar-refractivity contribution >= 4 is 17.4 Å². The highest BCUT2D eigenvalue weighted by atomic mass is 32.2. The van der Waals surface area contributed by atoms with Crippen molar-refractivity contribution in [3.8, 4) is 0 Å². The SMILES string of the molecule is Cc1ccccc1CSc1nnc2ccccn12. The molecule has 0 atom stereocenters. The number of aromatic nitrogens is 3. The fourth-order valence-corrected chi connectivity index (χ4v) is 2.83. The van der Waals surface area contributed by atoms with Crippen LogP contribution in [0.3, 0.4) is 0 Å². The van der Waals surface area contributed by atoms with Crippen LogP contribution < -0.4 is 0 Å². The Labute approximate surface area is 110 Å². The third-order valence-electron chi connectivity index (χ3n) is 2.90. The van der Waals surface area contributed by atoms with Crippen molar-refractivity contribution in [1.82, 2.24) is 14.6 Å². The van der Waals surface area contributed by atoms with Crippen LogP contribution in [0, 0.1) is 6.92 Å². The fourth-order valence-electron chi connectivity index (χ4n) is 1.83. The molecule has 0 fully saturated rings. The molecule has 0 unspecified atom stereocenters. The van der Waals surface area contributed by atoms with E-state index in [1.807, 2.05) is 28.8 Å². The number of benzene rings is 1. The number of hydrogen-bond donors (Lipinski definition) is 0. The van der Waals surface area contributed by atoms with E-state index in [1.54, 1.807) is 11.8 Å². The summed E-state index contributed by atoms with van der Waals surface area (Å²) in [5.41, 5.74) is 3.55. The molecule has 3 aromatic rings. The van der Waals surface area contributed by atoms with E-state index in [9.17, 15) is 0 Å². The average Bonchev–Trinajstić information content (AvgIpc) is 2.81. The quantitative estimate of drug-likeness (QED) is 0.672. The first-order valence-corrected chi connectivity index (χ1v) is 6.80. The third-order valence-corrected chi connectivity index (χ3v) is 3.89. The zero-order valence-electron chi connectivity index (χ0n) is 10.1. The standard InChI is InChI=1S/C14H13N3S/c1-11-6-2-3-7-12(11)10-18-14-16-15-13-8-4-5-9-17(13)14/h2-9H,10H2,1H3. The predicted molar refractivity (Wildman–Crippen MR) is 73.7 cm³/mol. The number of rotatable bonds is 3. The third kappa shape index (κ3) is 2.11. The van der Waals surface area contributed by atoms with Crippen LogP contribution in [0.4, 0.5) is 0 Å². The van der Waals surface area contributed by atoms with Gasteiger partial charge in [0.15, 0.2) is 10.8 Å². The highest BCUT2D eigenvalue weighted by Gasteiger charge is 2.06. The minimum absolute atomic E-state index is 0.893. The first kappa shape index (κ1) is 11.3. The lowest BCUT2D eigenvalue weighted by Crippen LogP contribution is -1.89. The summed E-state index contributed by atoms with van der Waals surface area (Å²) in [6.45, 7) is 2.14. The molecule has 0 aliphatic heterocycles. The summed E-state index contributed by atoms with van der Waals surface area (Å²) < 4.78 is 2.02. The van der Waals surface area contributed by atoms with Gasteiger partial charge >= 0.3 is 0 Å². The molecule has 3 rings (SSSR count). The fraction of sp³-hybridized carbons (Fsp3) is 0.143. The molecular weight excluding hydrogens is 242 g/mol. The molecule has 0 bridgehead atoms. The van der Waals surface area contributed by atoms with Crippen molar-refractivity contribution in [2.45, 2.75) is 17.8 Å². The normalized spacial score (nSPS) is 10.9. The molecule has 0 radical (unpaired) electrons. The number of fused-ring (bicyclic) bond motifs is 1. The largest absolute Gasteiger partial charge is 0.277 e. The van der Waals surface area contributed by atoms with Crippen LogP contribution in [0.15, 0.2) is 53.8 Å². The summed E-state index contributed by atoms with van der Waals surface area (Å²) in [4.78, 5) is 0. The van der Waals surface area contributed by atoms with Gasteiger partial charge in [0.1, 0.15) is 0 Å². The highest BCUT2D eigenvalue weighted by Crippen LogP contribution is 2.23. The summed E-state index contributed by atoms with van der Waals surface area (Å²) in [5, 5.41) is 9.30. The van der Waals surface area contributed by atoms with Gasteiger partial charge in [-0.25, -0.2) is 0 Å². The smallest absolute Gasteiger partial charge is 0.195 e. The average molecular weight is 255 g/mol. The topological polar surface area (TPSA) is 30.2 Å². The van der Waals surface area contributed by atoms with Gasteiger partial charge in [-0.3, -0.25) is 4.40 Å². The molecule has 1 aromatic carbocycles. The number of pyridine rings is 1. The summed E-state index contributed by atoms with van der Waals surface area (Å²) in [7, 11) is 0. The molecule has 4 heteroatoms. The Hall–Kier alpha value is -1.81. The van der Waals surface area contributed by atoms with Crippen molar-refractivity contribution in [3.63, 3.8) is 0 Å². The lowest BCUT2D eigenvalue weighted by atomic mass is 10.1. The van der Waals surface area contributed by atoms with Crippen molar-refractivity contribution in [2.75, 3.05) is 0 Å². The molecule has 2 aromatic heterocycles. The van der Waals surface area contributed by atoms with Gasteiger partial charge in [0.05, 0.1) is 0 Å². The Balaban J connectivity index is 1.83. The Morgan fingerprint density at radius 1 is 1.06 bits per heavy atom. The molecule has 3 nitrogen and oxygen atoms in total. The summed E-state index contributed by atoms with van der Waals surface area (Å²) in [5.74, 6) is 0.919. The van der Waals surface area contributed by atoms with E-state index in [0.29, 0.717) is 0 Å². The molecule has 0 amide bonds. The van der Waals surface area contributed by atoms with Gasteiger partial charge in [0.25, 0.3) is 0 Å². The van der Waals surface area contributed by atoms with Crippen molar-refractivity contribution < 1.29 is 0 Å². The lowest BCUT2D eigenvalue weighted by molar-refractivity contribution is 0.921. The molecule has 90 valence electrons. The lowest BCUT2D eigenvalue weighted by Gasteiger charge is -2.03. The molecule has 0 N–H and O–H groups in total. The minimum atomic E-state index is 0.893. The molecule has 0 spiro atoms. The molecular formula is C14H13N3S. The molecule has 0 aliphatic carbocycles. The Bertz CT molecular complexity index is 675. The second kappa shape index (κ2) is 4.82. The van der Waals surface area contributed by atoms with Crippen LogP contribution in [-0.4, -0.2) is 14.6 Å². The van der Waals surface area contributed by atoms with Gasteiger partial charge in [-0.15, -0.1) is 10.2 Å².